The molecule has 0 bridgehead atoms. The van der Waals surface area contributed by atoms with Gasteiger partial charge in [-0.1, -0.05) is 17.3 Å². The predicted molar refractivity (Wildman–Crippen MR) is 66.9 cm³/mol. The van der Waals surface area contributed by atoms with Crippen molar-refractivity contribution in [3.05, 3.63) is 29.3 Å². The molecular formula is C12H10ClNO4. The van der Waals surface area contributed by atoms with E-state index in [2.05, 4.69) is 9.99 Å². The van der Waals surface area contributed by atoms with Crippen molar-refractivity contribution in [1.29, 1.82) is 0 Å². The number of halogens is 1. The smallest absolute Gasteiger partial charge is 0.367 e. The van der Waals surface area contributed by atoms with E-state index in [1.54, 1.807) is 18.2 Å². The number of benzene rings is 1. The van der Waals surface area contributed by atoms with Crippen molar-refractivity contribution in [3.8, 4) is 11.5 Å². The Labute approximate surface area is 108 Å². The standard InChI is InChI=1S/C12H10ClNO4/c1-17-10-4-2-3-7(11(10)15)5-8-9(6-13)14-18-12(8)16/h2-5,15H,6H2,1H3. The lowest BCUT2D eigenvalue weighted by Gasteiger charge is -2.05. The van der Waals surface area contributed by atoms with Crippen molar-refractivity contribution in [2.24, 2.45) is 5.16 Å². The number of nitrogens with zero attached hydrogens (tertiary/aromatic N) is 1. The van der Waals surface area contributed by atoms with Crippen LogP contribution in [0.25, 0.3) is 6.08 Å². The Hall–Kier alpha value is -2.01. The van der Waals surface area contributed by atoms with Crippen LogP contribution in [0.1, 0.15) is 5.56 Å². The van der Waals surface area contributed by atoms with Gasteiger partial charge in [-0.3, -0.25) is 0 Å². The molecule has 0 radical (unpaired) electrons. The van der Waals surface area contributed by atoms with E-state index in [4.69, 9.17) is 16.3 Å². The Bertz CT molecular complexity index is 551. The van der Waals surface area contributed by atoms with E-state index in [9.17, 15) is 9.90 Å². The molecule has 0 amide bonds. The molecule has 0 spiro atoms. The van der Waals surface area contributed by atoms with Gasteiger partial charge >= 0.3 is 5.97 Å². The highest BCUT2D eigenvalue weighted by Crippen LogP contribution is 2.31. The molecule has 1 aliphatic heterocycles. The Morgan fingerprint density at radius 3 is 3.00 bits per heavy atom. The molecule has 0 fully saturated rings. The molecule has 6 heteroatoms. The number of phenols is 1. The maximum atomic E-state index is 11.4. The lowest BCUT2D eigenvalue weighted by atomic mass is 10.1. The fraction of sp³-hybridized carbons (Fsp3) is 0.167. The molecule has 1 aromatic carbocycles. The normalized spacial score (nSPS) is 16.7. The number of oxime groups is 1. The molecule has 2 rings (SSSR count). The van der Waals surface area contributed by atoms with E-state index < -0.39 is 5.97 Å². The molecule has 0 aromatic heterocycles. The predicted octanol–water partition coefficient (Wildman–Crippen LogP) is 1.94. The zero-order valence-corrected chi connectivity index (χ0v) is 10.3. The summed E-state index contributed by atoms with van der Waals surface area (Å²) < 4.78 is 4.98. The number of hydrogen-bond donors (Lipinski definition) is 1. The van der Waals surface area contributed by atoms with E-state index >= 15 is 0 Å². The third-order valence-corrected chi connectivity index (χ3v) is 2.70. The number of hydrogen-bond acceptors (Lipinski definition) is 5. The van der Waals surface area contributed by atoms with Crippen molar-refractivity contribution < 1.29 is 19.5 Å². The molecule has 94 valence electrons. The Kier molecular flexibility index (Phi) is 3.53. The number of aromatic hydroxyl groups is 1. The summed E-state index contributed by atoms with van der Waals surface area (Å²) >= 11 is 5.64. The minimum absolute atomic E-state index is 0.0545. The van der Waals surface area contributed by atoms with Gasteiger partial charge in [0, 0.05) is 5.56 Å². The lowest BCUT2D eigenvalue weighted by molar-refractivity contribution is -0.136. The molecule has 0 atom stereocenters. The summed E-state index contributed by atoms with van der Waals surface area (Å²) in [5, 5.41) is 13.4. The number of carbonyl (C=O) groups is 1. The average Bonchev–Trinajstić information content (AvgIpc) is 2.73. The highest BCUT2D eigenvalue weighted by Gasteiger charge is 2.25. The average molecular weight is 268 g/mol. The maximum absolute atomic E-state index is 11.4. The van der Waals surface area contributed by atoms with Gasteiger partial charge in [0.25, 0.3) is 0 Å². The van der Waals surface area contributed by atoms with Gasteiger partial charge in [-0.05, 0) is 12.1 Å². The van der Waals surface area contributed by atoms with Crippen molar-refractivity contribution in [2.45, 2.75) is 0 Å². The first kappa shape index (κ1) is 12.4. The van der Waals surface area contributed by atoms with Crippen LogP contribution in [0, 0.1) is 0 Å². The number of alkyl halides is 1. The van der Waals surface area contributed by atoms with Gasteiger partial charge in [0.2, 0.25) is 0 Å². The van der Waals surface area contributed by atoms with Crippen LogP contribution < -0.4 is 4.74 Å². The van der Waals surface area contributed by atoms with Gasteiger partial charge in [-0.2, -0.15) is 0 Å². The quantitative estimate of drug-likeness (QED) is 0.516. The van der Waals surface area contributed by atoms with Crippen LogP contribution in [0.3, 0.4) is 0 Å². The van der Waals surface area contributed by atoms with Gasteiger partial charge in [-0.25, -0.2) is 4.79 Å². The van der Waals surface area contributed by atoms with Crippen LogP contribution in [0.5, 0.6) is 11.5 Å². The number of carbonyl (C=O) groups excluding carboxylic acids is 1. The van der Waals surface area contributed by atoms with E-state index in [0.717, 1.165) is 0 Å². The van der Waals surface area contributed by atoms with E-state index in [1.807, 2.05) is 0 Å². The summed E-state index contributed by atoms with van der Waals surface area (Å²) in [6, 6.07) is 4.95. The zero-order chi connectivity index (χ0) is 13.1. The van der Waals surface area contributed by atoms with Gasteiger partial charge < -0.3 is 14.7 Å². The molecule has 1 N–H and O–H groups in total. The molecular weight excluding hydrogens is 258 g/mol. The van der Waals surface area contributed by atoms with Gasteiger partial charge in [0.1, 0.15) is 5.71 Å². The second-order valence-electron chi connectivity index (χ2n) is 3.51. The summed E-state index contributed by atoms with van der Waals surface area (Å²) in [7, 11) is 1.45. The fourth-order valence-corrected chi connectivity index (χ4v) is 1.72. The first-order valence-electron chi connectivity index (χ1n) is 5.09. The van der Waals surface area contributed by atoms with Crippen molar-refractivity contribution in [2.75, 3.05) is 13.0 Å². The summed E-state index contributed by atoms with van der Waals surface area (Å²) in [5.41, 5.74) is 0.999. The number of methoxy groups -OCH3 is 1. The first-order valence-corrected chi connectivity index (χ1v) is 5.63. The number of para-hydroxylation sites is 1. The van der Waals surface area contributed by atoms with Crippen LogP contribution in [-0.4, -0.2) is 29.8 Å². The van der Waals surface area contributed by atoms with E-state index in [-0.39, 0.29) is 17.2 Å². The zero-order valence-electron chi connectivity index (χ0n) is 9.51. The molecule has 0 unspecified atom stereocenters. The number of rotatable bonds is 3. The number of ether oxygens (including phenoxy) is 1. The Morgan fingerprint density at radius 1 is 1.56 bits per heavy atom. The molecule has 1 aliphatic rings. The van der Waals surface area contributed by atoms with Crippen LogP contribution >= 0.6 is 11.6 Å². The van der Waals surface area contributed by atoms with Crippen molar-refractivity contribution in [1.82, 2.24) is 0 Å². The fourth-order valence-electron chi connectivity index (χ4n) is 1.53. The molecule has 5 nitrogen and oxygen atoms in total. The highest BCUT2D eigenvalue weighted by molar-refractivity contribution is 6.38. The minimum Gasteiger partial charge on any atom is -0.504 e. The largest absolute Gasteiger partial charge is 0.504 e. The number of phenolic OH excluding ortho intramolecular Hbond substituents is 1. The van der Waals surface area contributed by atoms with Crippen LogP contribution in [0.4, 0.5) is 0 Å². The summed E-state index contributed by atoms with van der Waals surface area (Å²) in [6.07, 6.45) is 1.47. The minimum atomic E-state index is -0.590. The third-order valence-electron chi connectivity index (χ3n) is 2.45. The van der Waals surface area contributed by atoms with Crippen LogP contribution in [0.2, 0.25) is 0 Å². The maximum Gasteiger partial charge on any atom is 0.367 e. The Balaban J connectivity index is 2.44. The van der Waals surface area contributed by atoms with Gasteiger partial charge in [0.05, 0.1) is 18.6 Å². The Morgan fingerprint density at radius 2 is 2.33 bits per heavy atom. The third kappa shape index (κ3) is 2.17. The molecule has 0 saturated heterocycles. The summed E-state index contributed by atoms with van der Waals surface area (Å²) in [6.45, 7) is 0. The van der Waals surface area contributed by atoms with Crippen LogP contribution in [0.15, 0.2) is 28.9 Å². The molecule has 1 heterocycles. The van der Waals surface area contributed by atoms with Crippen molar-refractivity contribution in [3.63, 3.8) is 0 Å². The topological polar surface area (TPSA) is 68.1 Å². The summed E-state index contributed by atoms with van der Waals surface area (Å²) in [5.74, 6) is -0.267. The van der Waals surface area contributed by atoms with Crippen molar-refractivity contribution >= 4 is 29.4 Å². The molecule has 0 saturated carbocycles. The van der Waals surface area contributed by atoms with Gasteiger partial charge in [-0.15, -0.1) is 11.6 Å². The molecule has 1 aromatic rings. The molecule has 0 aliphatic carbocycles. The second-order valence-corrected chi connectivity index (χ2v) is 3.77. The van der Waals surface area contributed by atoms with Crippen LogP contribution in [-0.2, 0) is 9.63 Å². The lowest BCUT2D eigenvalue weighted by Crippen LogP contribution is -2.06. The molecule has 18 heavy (non-hydrogen) atoms. The monoisotopic (exact) mass is 267 g/mol. The summed E-state index contributed by atoms with van der Waals surface area (Å²) in [4.78, 5) is 16.0. The second kappa shape index (κ2) is 5.10. The SMILES string of the molecule is COc1cccc(C=C2C(=O)ON=C2CCl)c1O. The van der Waals surface area contributed by atoms with E-state index in [1.165, 1.54) is 13.2 Å². The first-order chi connectivity index (χ1) is 8.67. The van der Waals surface area contributed by atoms with Gasteiger partial charge in [0.15, 0.2) is 11.5 Å². The highest BCUT2D eigenvalue weighted by atomic mass is 35.5. The van der Waals surface area contributed by atoms with E-state index in [0.29, 0.717) is 17.0 Å².